The highest BCUT2D eigenvalue weighted by molar-refractivity contribution is 6.32. The van der Waals surface area contributed by atoms with Crippen molar-refractivity contribution in [3.63, 3.8) is 0 Å². The maximum atomic E-state index is 13.6. The summed E-state index contributed by atoms with van der Waals surface area (Å²) in [5, 5.41) is 10.2. The van der Waals surface area contributed by atoms with Gasteiger partial charge in [-0.25, -0.2) is 0 Å². The third kappa shape index (κ3) is 7.67. The highest BCUT2D eigenvalue weighted by atomic mass is 35.5. The zero-order chi connectivity index (χ0) is 30.8. The van der Waals surface area contributed by atoms with Crippen LogP contribution in [-0.4, -0.2) is 104 Å². The van der Waals surface area contributed by atoms with Crippen LogP contribution in [0.4, 0.5) is 26.3 Å². The van der Waals surface area contributed by atoms with Gasteiger partial charge < -0.3 is 19.5 Å². The van der Waals surface area contributed by atoms with Crippen molar-refractivity contribution in [2.45, 2.75) is 37.0 Å². The lowest BCUT2D eigenvalue weighted by atomic mass is 9.99. The summed E-state index contributed by atoms with van der Waals surface area (Å²) >= 11 is 5.92. The van der Waals surface area contributed by atoms with Crippen molar-refractivity contribution in [1.82, 2.24) is 14.7 Å². The van der Waals surface area contributed by atoms with Crippen LogP contribution in [0.15, 0.2) is 36.4 Å². The highest BCUT2D eigenvalue weighted by Crippen LogP contribution is 2.37. The molecule has 42 heavy (non-hydrogen) atoms. The molecule has 14 heteroatoms. The van der Waals surface area contributed by atoms with Crippen molar-refractivity contribution >= 4 is 17.5 Å². The maximum absolute atomic E-state index is 13.6. The normalized spacial score (nSPS) is 22.6. The lowest BCUT2D eigenvalue weighted by molar-refractivity contribution is -0.143. The van der Waals surface area contributed by atoms with Crippen molar-refractivity contribution < 1.29 is 45.7 Å². The summed E-state index contributed by atoms with van der Waals surface area (Å²) in [6.45, 7) is 3.41. The molecule has 0 radical (unpaired) electrons. The van der Waals surface area contributed by atoms with Gasteiger partial charge in [0.15, 0.2) is 0 Å². The second kappa shape index (κ2) is 13.0. The fourth-order valence-corrected chi connectivity index (χ4v) is 5.62. The summed E-state index contributed by atoms with van der Waals surface area (Å²) in [7, 11) is 3.25. The number of hydrogen-bond donors (Lipinski definition) is 1. The minimum absolute atomic E-state index is 0.00329. The molecule has 0 spiro atoms. The average molecular weight is 624 g/mol. The Bertz CT molecular complexity index is 1220. The van der Waals surface area contributed by atoms with E-state index in [0.29, 0.717) is 57.0 Å². The molecule has 0 aromatic heterocycles. The third-order valence-electron chi connectivity index (χ3n) is 7.77. The predicted octanol–water partition coefficient (Wildman–Crippen LogP) is 4.80. The van der Waals surface area contributed by atoms with E-state index in [1.807, 2.05) is 0 Å². The number of benzene rings is 2. The van der Waals surface area contributed by atoms with Gasteiger partial charge in [-0.1, -0.05) is 17.7 Å². The maximum Gasteiger partial charge on any atom is 0.416 e. The number of hydrogen-bond acceptors (Lipinski definition) is 6. The summed E-state index contributed by atoms with van der Waals surface area (Å²) < 4.78 is 91.9. The largest absolute Gasteiger partial charge is 0.506 e. The molecular formula is C28H32ClF6N3O4. The molecule has 0 bridgehead atoms. The first-order chi connectivity index (χ1) is 19.7. The molecule has 2 aliphatic rings. The smallest absolute Gasteiger partial charge is 0.416 e. The number of halogens is 7. The molecule has 2 aromatic carbocycles. The summed E-state index contributed by atoms with van der Waals surface area (Å²) in [5.74, 6) is -1.11. The Morgan fingerprint density at radius 1 is 0.881 bits per heavy atom. The minimum Gasteiger partial charge on any atom is -0.506 e. The topological polar surface area (TPSA) is 65.5 Å². The molecule has 3 atom stereocenters. The summed E-state index contributed by atoms with van der Waals surface area (Å²) in [5.41, 5.74) is -3.18. The van der Waals surface area contributed by atoms with E-state index in [1.165, 1.54) is 17.0 Å². The Kier molecular flexibility index (Phi) is 9.98. The van der Waals surface area contributed by atoms with Crippen molar-refractivity contribution in [3.05, 3.63) is 63.7 Å². The average Bonchev–Trinajstić information content (AvgIpc) is 3.35. The zero-order valence-corrected chi connectivity index (χ0v) is 23.8. The number of phenols is 1. The van der Waals surface area contributed by atoms with Gasteiger partial charge in [0.25, 0.3) is 5.91 Å². The van der Waals surface area contributed by atoms with Gasteiger partial charge in [0.05, 0.1) is 28.4 Å². The number of phenolic OH excluding ortho intramolecular Hbond substituents is 1. The molecule has 232 valence electrons. The molecule has 1 N–H and O–H groups in total. The number of rotatable bonds is 8. The van der Waals surface area contributed by atoms with Crippen LogP contribution in [0, 0.1) is 0 Å². The van der Waals surface area contributed by atoms with Crippen LogP contribution in [0.5, 0.6) is 5.75 Å². The molecule has 1 amide bonds. The van der Waals surface area contributed by atoms with E-state index in [4.69, 9.17) is 21.1 Å². The number of nitrogens with zero attached hydrogens (tertiary/aromatic N) is 3. The molecule has 0 saturated carbocycles. The van der Waals surface area contributed by atoms with Crippen LogP contribution in [0.3, 0.4) is 0 Å². The monoisotopic (exact) mass is 623 g/mol. The standard InChI is InChI=1S/C28H32ClF6N3O4/c1-41-24-15-37(16-25(24)42-2)6-5-36-7-8-38(21(14-36)9-17-3-4-22(29)23(39)10-17)26(40)18-11-19(27(30,31)32)13-20(12-18)28(33,34)35/h3-4,10-13,21,24-25,39H,5-9,14-16H2,1-2H3/t21-,24+,25+/m1/s1. The quantitative estimate of drug-likeness (QED) is 0.427. The zero-order valence-electron chi connectivity index (χ0n) is 23.0. The van der Waals surface area contributed by atoms with E-state index >= 15 is 0 Å². The SMILES string of the molecule is CO[C@H]1CN(CCN2CCN(C(=O)c3cc(C(F)(F)F)cc(C(F)(F)F)c3)[C@H](Cc3ccc(Cl)c(O)c3)C2)C[C@@H]1OC. The number of carbonyl (C=O) groups is 1. The number of methoxy groups -OCH3 is 2. The van der Waals surface area contributed by atoms with Crippen LogP contribution in [-0.2, 0) is 28.2 Å². The van der Waals surface area contributed by atoms with E-state index in [2.05, 4.69) is 9.80 Å². The van der Waals surface area contributed by atoms with Crippen LogP contribution in [0.25, 0.3) is 0 Å². The molecular weight excluding hydrogens is 592 g/mol. The van der Waals surface area contributed by atoms with E-state index in [0.717, 1.165) is 0 Å². The molecule has 7 nitrogen and oxygen atoms in total. The first-order valence-corrected chi connectivity index (χ1v) is 13.7. The molecule has 2 heterocycles. The number of aromatic hydroxyl groups is 1. The predicted molar refractivity (Wildman–Crippen MR) is 143 cm³/mol. The fourth-order valence-electron chi connectivity index (χ4n) is 5.50. The van der Waals surface area contributed by atoms with Crippen LogP contribution < -0.4 is 0 Å². The number of carbonyl (C=O) groups excluding carboxylic acids is 1. The van der Waals surface area contributed by atoms with Crippen molar-refractivity contribution in [2.75, 3.05) is 60.0 Å². The van der Waals surface area contributed by atoms with E-state index < -0.39 is 41.0 Å². The summed E-state index contributed by atoms with van der Waals surface area (Å²) in [4.78, 5) is 19.2. The molecule has 0 aliphatic carbocycles. The van der Waals surface area contributed by atoms with E-state index in [1.54, 1.807) is 20.3 Å². The van der Waals surface area contributed by atoms with E-state index in [9.17, 15) is 36.2 Å². The molecule has 2 aliphatic heterocycles. The summed E-state index contributed by atoms with van der Waals surface area (Å²) in [6, 6.07) is 4.87. The number of ether oxygens (including phenoxy) is 2. The lowest BCUT2D eigenvalue weighted by Crippen LogP contribution is -2.57. The number of alkyl halides is 6. The Morgan fingerprint density at radius 2 is 1.45 bits per heavy atom. The van der Waals surface area contributed by atoms with Crippen molar-refractivity contribution in [3.8, 4) is 5.75 Å². The first-order valence-electron chi connectivity index (χ1n) is 13.3. The van der Waals surface area contributed by atoms with Gasteiger partial charge in [0.1, 0.15) is 5.75 Å². The third-order valence-corrected chi connectivity index (χ3v) is 8.09. The molecule has 4 rings (SSSR count). The van der Waals surface area contributed by atoms with Gasteiger partial charge in [-0.05, 0) is 42.3 Å². The van der Waals surface area contributed by atoms with Crippen molar-refractivity contribution in [1.29, 1.82) is 0 Å². The molecule has 0 unspecified atom stereocenters. The minimum atomic E-state index is -5.07. The van der Waals surface area contributed by atoms with Gasteiger partial charge in [-0.3, -0.25) is 14.6 Å². The van der Waals surface area contributed by atoms with Gasteiger partial charge in [-0.15, -0.1) is 0 Å². The molecule has 2 fully saturated rings. The van der Waals surface area contributed by atoms with Crippen LogP contribution in [0.1, 0.15) is 27.0 Å². The van der Waals surface area contributed by atoms with E-state index in [-0.39, 0.29) is 42.0 Å². The van der Waals surface area contributed by atoms with Crippen LogP contribution >= 0.6 is 11.6 Å². The first kappa shape index (κ1) is 32.3. The molecule has 2 aromatic rings. The summed E-state index contributed by atoms with van der Waals surface area (Å²) in [6.07, 6.45) is -10.1. The van der Waals surface area contributed by atoms with Gasteiger partial charge in [-0.2, -0.15) is 26.3 Å². The Balaban J connectivity index is 1.57. The fraction of sp³-hybridized carbons (Fsp3) is 0.536. The number of amides is 1. The highest BCUT2D eigenvalue weighted by Gasteiger charge is 2.39. The van der Waals surface area contributed by atoms with Gasteiger partial charge >= 0.3 is 12.4 Å². The van der Waals surface area contributed by atoms with Gasteiger partial charge in [0, 0.05) is 71.6 Å². The number of likely N-dealkylation sites (tertiary alicyclic amines) is 1. The van der Waals surface area contributed by atoms with Crippen LogP contribution in [0.2, 0.25) is 5.02 Å². The molecule has 2 saturated heterocycles. The van der Waals surface area contributed by atoms with Crippen molar-refractivity contribution in [2.24, 2.45) is 0 Å². The second-order valence-corrected chi connectivity index (χ2v) is 11.0. The Hall–Kier alpha value is -2.58. The number of piperazine rings is 1. The Morgan fingerprint density at radius 3 is 1.98 bits per heavy atom. The second-order valence-electron chi connectivity index (χ2n) is 10.5. The Labute approximate surface area is 244 Å². The lowest BCUT2D eigenvalue weighted by Gasteiger charge is -2.42. The van der Waals surface area contributed by atoms with Gasteiger partial charge in [0.2, 0.25) is 0 Å².